The summed E-state index contributed by atoms with van der Waals surface area (Å²) < 4.78 is 0. The summed E-state index contributed by atoms with van der Waals surface area (Å²) in [7, 11) is 0. The van der Waals surface area contributed by atoms with Gasteiger partial charge in [0.1, 0.15) is 0 Å². The molecule has 2 N–H and O–H groups in total. The number of piperazine rings is 1. The normalized spacial score (nSPS) is 41.4. The summed E-state index contributed by atoms with van der Waals surface area (Å²) in [6, 6.07) is 19.5. The highest BCUT2D eigenvalue weighted by Crippen LogP contribution is 2.76. The molecule has 56 heavy (non-hydrogen) atoms. The molecule has 2 bridgehead atoms. The van der Waals surface area contributed by atoms with Crippen molar-refractivity contribution in [3.8, 4) is 0 Å². The standard InChI is InChI=1S/C50H69N3O3/c1-32(2)38-19-24-50(51-43(54)31-53-30-36-27-37(53)29-52(36)28-33-11-9-8-10-12-33)26-25-48(6)40(44(38)50)17-18-42-47(5)22-20-39(34-13-15-35(16-14-34)45(55)56)46(3,4)41(47)21-23-49(42,48)7/h8-16,20,32,36-38,40-42,44H,17-19,21-31H2,1-7H3,(H,51,54)(H,55,56)/t36-,37?,38-,40+,41-,42+,44+,47-,48+,49+,50-/m0/s1. The number of hydrogen-bond donors (Lipinski definition) is 2. The molecule has 0 aromatic heterocycles. The van der Waals surface area contributed by atoms with Crippen molar-refractivity contribution in [1.29, 1.82) is 0 Å². The molecule has 4 saturated carbocycles. The predicted octanol–water partition coefficient (Wildman–Crippen LogP) is 9.94. The topological polar surface area (TPSA) is 72.9 Å². The van der Waals surface area contributed by atoms with Crippen molar-refractivity contribution >= 4 is 17.4 Å². The summed E-state index contributed by atoms with van der Waals surface area (Å²) in [4.78, 5) is 31.1. The van der Waals surface area contributed by atoms with E-state index in [9.17, 15) is 14.7 Å². The number of fused-ring (bicyclic) bond motifs is 9. The maximum atomic E-state index is 14.3. The van der Waals surface area contributed by atoms with E-state index in [1.165, 1.54) is 61.6 Å². The number of allylic oxidation sites excluding steroid dienone is 2. The Morgan fingerprint density at radius 2 is 1.52 bits per heavy atom. The highest BCUT2D eigenvalue weighted by Gasteiger charge is 2.70. The summed E-state index contributed by atoms with van der Waals surface area (Å²) in [6.45, 7) is 21.6. The van der Waals surface area contributed by atoms with Crippen LogP contribution in [0.2, 0.25) is 0 Å². The second-order valence-electron chi connectivity index (χ2n) is 21.7. The van der Waals surface area contributed by atoms with E-state index in [0.29, 0.717) is 59.7 Å². The summed E-state index contributed by atoms with van der Waals surface area (Å²) in [5, 5.41) is 13.4. The quantitative estimate of drug-likeness (QED) is 0.281. The number of carbonyl (C=O) groups is 2. The van der Waals surface area contributed by atoms with Crippen LogP contribution in [-0.4, -0.2) is 64.0 Å². The van der Waals surface area contributed by atoms with Crippen molar-refractivity contribution in [3.63, 3.8) is 0 Å². The van der Waals surface area contributed by atoms with Crippen molar-refractivity contribution < 1.29 is 14.7 Å². The lowest BCUT2D eigenvalue weighted by molar-refractivity contribution is -0.221. The molecule has 2 saturated heterocycles. The van der Waals surface area contributed by atoms with Gasteiger partial charge in [0.05, 0.1) is 12.1 Å². The zero-order chi connectivity index (χ0) is 39.4. The number of rotatable bonds is 8. The summed E-state index contributed by atoms with van der Waals surface area (Å²) in [5.41, 5.74) is 4.98. The van der Waals surface area contributed by atoms with Gasteiger partial charge in [0.2, 0.25) is 5.91 Å². The molecule has 2 aromatic carbocycles. The Balaban J connectivity index is 0.933. The molecule has 0 radical (unpaired) electrons. The number of nitrogens with one attached hydrogen (secondary N) is 1. The minimum Gasteiger partial charge on any atom is -0.478 e. The Morgan fingerprint density at radius 1 is 0.804 bits per heavy atom. The lowest BCUT2D eigenvalue weighted by Crippen LogP contribution is -2.68. The first-order chi connectivity index (χ1) is 26.6. The van der Waals surface area contributed by atoms with Crippen LogP contribution in [0, 0.1) is 57.2 Å². The van der Waals surface area contributed by atoms with Gasteiger partial charge in [-0.05, 0) is 150 Å². The first-order valence-corrected chi connectivity index (χ1v) is 22.5. The molecule has 5 aliphatic carbocycles. The third-order valence-corrected chi connectivity index (χ3v) is 18.8. The molecule has 2 heterocycles. The molecule has 6 fully saturated rings. The third kappa shape index (κ3) is 5.75. The second kappa shape index (κ2) is 13.5. The van der Waals surface area contributed by atoms with Crippen LogP contribution in [0.3, 0.4) is 0 Å². The SMILES string of the molecule is CC(C)[C@@H]1CC[C@]2(NC(=O)CN3C[C@@H]4CC3CN4Cc3ccccc3)CC[C@]3(C)[C@H](CC[C@@H]4[C@@]5(C)CC=C(c6ccc(C(=O)O)cc6)C(C)(C)[C@@H]5CC[C@]43C)[C@@H]12. The van der Waals surface area contributed by atoms with Crippen LogP contribution in [0.4, 0.5) is 0 Å². The molecule has 7 aliphatic rings. The van der Waals surface area contributed by atoms with Crippen molar-refractivity contribution in [1.82, 2.24) is 15.1 Å². The van der Waals surface area contributed by atoms with E-state index in [1.54, 1.807) is 12.1 Å². The lowest BCUT2D eigenvalue weighted by atomic mass is 9.33. The van der Waals surface area contributed by atoms with E-state index in [-0.39, 0.29) is 33.1 Å². The zero-order valence-electron chi connectivity index (χ0n) is 35.4. The number of carboxylic acids is 1. The third-order valence-electron chi connectivity index (χ3n) is 18.8. The monoisotopic (exact) mass is 760 g/mol. The van der Waals surface area contributed by atoms with Crippen LogP contribution in [-0.2, 0) is 11.3 Å². The molecule has 2 aromatic rings. The largest absolute Gasteiger partial charge is 0.478 e. The number of carboxylic acid groups (broad SMARTS) is 1. The Bertz CT molecular complexity index is 1870. The van der Waals surface area contributed by atoms with Crippen LogP contribution >= 0.6 is 0 Å². The van der Waals surface area contributed by atoms with Crippen molar-refractivity contribution in [2.24, 2.45) is 57.2 Å². The van der Waals surface area contributed by atoms with Crippen LogP contribution in [0.1, 0.15) is 134 Å². The Hall–Kier alpha value is -2.96. The summed E-state index contributed by atoms with van der Waals surface area (Å²) in [5.74, 6) is 3.12. The van der Waals surface area contributed by atoms with E-state index in [1.807, 2.05) is 12.1 Å². The maximum Gasteiger partial charge on any atom is 0.335 e. The van der Waals surface area contributed by atoms with E-state index in [4.69, 9.17) is 0 Å². The average Bonchev–Trinajstić information content (AvgIpc) is 3.85. The number of nitrogens with zero attached hydrogens (tertiary/aromatic N) is 2. The van der Waals surface area contributed by atoms with Gasteiger partial charge in [-0.3, -0.25) is 14.6 Å². The van der Waals surface area contributed by atoms with Crippen molar-refractivity contribution in [2.45, 2.75) is 137 Å². The number of aromatic carboxylic acids is 1. The van der Waals surface area contributed by atoms with Gasteiger partial charge in [-0.2, -0.15) is 0 Å². The average molecular weight is 760 g/mol. The molecular formula is C50H69N3O3. The number of benzene rings is 2. The number of amides is 1. The molecule has 302 valence electrons. The number of likely N-dealkylation sites (tertiary alicyclic amines) is 2. The molecular weight excluding hydrogens is 691 g/mol. The Morgan fingerprint density at radius 3 is 2.20 bits per heavy atom. The molecule has 6 heteroatoms. The minimum atomic E-state index is -0.864. The molecule has 1 amide bonds. The molecule has 6 nitrogen and oxygen atoms in total. The van der Waals surface area contributed by atoms with Gasteiger partial charge >= 0.3 is 5.97 Å². The van der Waals surface area contributed by atoms with Crippen molar-refractivity contribution in [2.75, 3.05) is 19.6 Å². The molecule has 11 atom stereocenters. The summed E-state index contributed by atoms with van der Waals surface area (Å²) >= 11 is 0. The summed E-state index contributed by atoms with van der Waals surface area (Å²) in [6.07, 6.45) is 14.7. The highest BCUT2D eigenvalue weighted by molar-refractivity contribution is 5.88. The van der Waals surface area contributed by atoms with Crippen LogP contribution < -0.4 is 5.32 Å². The van der Waals surface area contributed by atoms with E-state index in [2.05, 4.69) is 100.0 Å². The Labute approximate surface area is 337 Å². The first-order valence-electron chi connectivity index (χ1n) is 22.5. The van der Waals surface area contributed by atoms with Gasteiger partial charge in [0.25, 0.3) is 0 Å². The van der Waals surface area contributed by atoms with Gasteiger partial charge in [0.15, 0.2) is 0 Å². The molecule has 1 unspecified atom stereocenters. The smallest absolute Gasteiger partial charge is 0.335 e. The fraction of sp³-hybridized carbons (Fsp3) is 0.680. The van der Waals surface area contributed by atoms with Gasteiger partial charge in [-0.15, -0.1) is 0 Å². The second-order valence-corrected chi connectivity index (χ2v) is 21.7. The highest BCUT2D eigenvalue weighted by atomic mass is 16.4. The number of carbonyl (C=O) groups excluding carboxylic acids is 1. The van der Waals surface area contributed by atoms with Gasteiger partial charge < -0.3 is 10.4 Å². The van der Waals surface area contributed by atoms with Gasteiger partial charge in [0, 0.05) is 37.3 Å². The maximum absolute atomic E-state index is 14.3. The van der Waals surface area contributed by atoms with Gasteiger partial charge in [-0.1, -0.05) is 97.0 Å². The molecule has 0 spiro atoms. The predicted molar refractivity (Wildman–Crippen MR) is 225 cm³/mol. The van der Waals surface area contributed by atoms with Crippen LogP contribution in [0.15, 0.2) is 60.7 Å². The Kier molecular flexibility index (Phi) is 9.33. The molecule has 9 rings (SSSR count). The lowest BCUT2D eigenvalue weighted by Gasteiger charge is -2.72. The van der Waals surface area contributed by atoms with E-state index in [0.717, 1.165) is 38.9 Å². The zero-order valence-corrected chi connectivity index (χ0v) is 35.4. The minimum absolute atomic E-state index is 0.00599. The van der Waals surface area contributed by atoms with E-state index >= 15 is 0 Å². The fourth-order valence-electron chi connectivity index (χ4n) is 16.0. The van der Waals surface area contributed by atoms with Crippen LogP contribution in [0.25, 0.3) is 5.57 Å². The number of hydrogen-bond acceptors (Lipinski definition) is 4. The first kappa shape index (κ1) is 38.6. The fourth-order valence-corrected chi connectivity index (χ4v) is 16.0. The van der Waals surface area contributed by atoms with Gasteiger partial charge in [-0.25, -0.2) is 4.79 Å². The van der Waals surface area contributed by atoms with E-state index < -0.39 is 5.97 Å². The van der Waals surface area contributed by atoms with Crippen LogP contribution in [0.5, 0.6) is 0 Å². The van der Waals surface area contributed by atoms with Crippen molar-refractivity contribution in [3.05, 3.63) is 77.4 Å². The molecule has 2 aliphatic heterocycles.